The van der Waals surface area contributed by atoms with E-state index in [-0.39, 0.29) is 0 Å². The summed E-state index contributed by atoms with van der Waals surface area (Å²) in [4.78, 5) is 0. The first-order valence-electron chi connectivity index (χ1n) is 6.67. The van der Waals surface area contributed by atoms with Crippen molar-refractivity contribution < 1.29 is 4.74 Å². The number of rotatable bonds is 3. The maximum atomic E-state index is 5.17. The molecule has 0 aliphatic rings. The van der Waals surface area contributed by atoms with Gasteiger partial charge in [-0.05, 0) is 34.0 Å². The largest absolute Gasteiger partial charge is 0.497 e. The van der Waals surface area contributed by atoms with Gasteiger partial charge in [0.15, 0.2) is 0 Å². The quantitative estimate of drug-likeness (QED) is 0.601. The van der Waals surface area contributed by atoms with Gasteiger partial charge in [-0.2, -0.15) is 0 Å². The minimum Gasteiger partial charge on any atom is -0.497 e. The van der Waals surface area contributed by atoms with Crippen LogP contribution in [0, 0.1) is 0 Å². The number of methoxy groups -OCH3 is 1. The molecule has 0 unspecified atom stereocenters. The van der Waals surface area contributed by atoms with Crippen molar-refractivity contribution in [3.05, 3.63) is 77.9 Å². The lowest BCUT2D eigenvalue weighted by molar-refractivity contribution is 0.415. The Balaban J connectivity index is 1.93. The van der Waals surface area contributed by atoms with E-state index in [1.807, 2.05) is 12.1 Å². The van der Waals surface area contributed by atoms with Crippen molar-refractivity contribution in [2.75, 3.05) is 7.11 Å². The predicted octanol–water partition coefficient (Wildman–Crippen LogP) is 5.02. The Morgan fingerprint density at radius 1 is 0.750 bits per heavy atom. The Morgan fingerprint density at radius 2 is 1.50 bits per heavy atom. The lowest BCUT2D eigenvalue weighted by Crippen LogP contribution is -1.81. The van der Waals surface area contributed by atoms with Crippen molar-refractivity contribution in [1.29, 1.82) is 0 Å². The standard InChI is InChI=1S/C19H16O/c1-20-18-13-10-15(11-14-18)9-12-17-7-4-6-16-5-2-3-8-19(16)17/h2-14H,1H3. The fraction of sp³-hybridized carbons (Fsp3) is 0.0526. The highest BCUT2D eigenvalue weighted by atomic mass is 16.5. The Morgan fingerprint density at radius 3 is 2.30 bits per heavy atom. The number of hydrogen-bond acceptors (Lipinski definition) is 1. The fourth-order valence-corrected chi connectivity index (χ4v) is 2.30. The molecule has 0 aliphatic carbocycles. The highest BCUT2D eigenvalue weighted by Gasteiger charge is 1.96. The average Bonchev–Trinajstić information content (AvgIpc) is 2.53. The van der Waals surface area contributed by atoms with Crippen molar-refractivity contribution in [3.8, 4) is 5.75 Å². The van der Waals surface area contributed by atoms with Crippen LogP contribution in [-0.4, -0.2) is 7.11 Å². The maximum absolute atomic E-state index is 5.17. The van der Waals surface area contributed by atoms with Gasteiger partial charge in [-0.15, -0.1) is 0 Å². The summed E-state index contributed by atoms with van der Waals surface area (Å²) in [5, 5.41) is 2.55. The molecule has 1 heteroatoms. The van der Waals surface area contributed by atoms with Crippen LogP contribution in [0.2, 0.25) is 0 Å². The van der Waals surface area contributed by atoms with Crippen LogP contribution in [-0.2, 0) is 0 Å². The van der Waals surface area contributed by atoms with Crippen molar-refractivity contribution in [3.63, 3.8) is 0 Å². The van der Waals surface area contributed by atoms with Crippen LogP contribution in [0.4, 0.5) is 0 Å². The molecule has 98 valence electrons. The molecule has 0 fully saturated rings. The number of hydrogen-bond donors (Lipinski definition) is 0. The Bertz CT molecular complexity index is 734. The zero-order valence-electron chi connectivity index (χ0n) is 11.4. The molecule has 3 rings (SSSR count). The molecule has 0 aliphatic heterocycles. The molecule has 0 radical (unpaired) electrons. The molecule has 0 amide bonds. The molecule has 0 spiro atoms. The van der Waals surface area contributed by atoms with Gasteiger partial charge < -0.3 is 4.74 Å². The molecule has 0 aromatic heterocycles. The second-order valence-corrected chi connectivity index (χ2v) is 4.67. The van der Waals surface area contributed by atoms with Crippen LogP contribution in [0.5, 0.6) is 5.75 Å². The summed E-state index contributed by atoms with van der Waals surface area (Å²) in [5.74, 6) is 0.882. The zero-order valence-corrected chi connectivity index (χ0v) is 11.4. The molecule has 1 nitrogen and oxygen atoms in total. The van der Waals surface area contributed by atoms with E-state index >= 15 is 0 Å². The first kappa shape index (κ1) is 12.5. The summed E-state index contributed by atoms with van der Waals surface area (Å²) in [6.07, 6.45) is 4.28. The van der Waals surface area contributed by atoms with E-state index in [9.17, 15) is 0 Å². The number of ether oxygens (including phenoxy) is 1. The van der Waals surface area contributed by atoms with Gasteiger partial charge in [-0.1, -0.05) is 66.7 Å². The first-order valence-corrected chi connectivity index (χ1v) is 6.67. The van der Waals surface area contributed by atoms with Gasteiger partial charge in [-0.3, -0.25) is 0 Å². The molecule has 0 saturated carbocycles. The summed E-state index contributed by atoms with van der Waals surface area (Å²) in [6.45, 7) is 0. The molecule has 0 N–H and O–H groups in total. The minimum absolute atomic E-state index is 0.882. The highest BCUT2D eigenvalue weighted by molar-refractivity contribution is 5.92. The van der Waals surface area contributed by atoms with Gasteiger partial charge in [0, 0.05) is 0 Å². The van der Waals surface area contributed by atoms with Gasteiger partial charge >= 0.3 is 0 Å². The third-order valence-electron chi connectivity index (χ3n) is 3.39. The zero-order chi connectivity index (χ0) is 13.8. The van der Waals surface area contributed by atoms with Crippen LogP contribution in [0.1, 0.15) is 11.1 Å². The molecule has 3 aromatic carbocycles. The van der Waals surface area contributed by atoms with Crippen molar-refractivity contribution in [2.24, 2.45) is 0 Å². The van der Waals surface area contributed by atoms with Crippen LogP contribution in [0.25, 0.3) is 22.9 Å². The molecule has 3 aromatic rings. The molecular weight excluding hydrogens is 244 g/mol. The topological polar surface area (TPSA) is 9.23 Å². The predicted molar refractivity (Wildman–Crippen MR) is 85.9 cm³/mol. The van der Waals surface area contributed by atoms with Crippen LogP contribution in [0.3, 0.4) is 0 Å². The summed E-state index contributed by atoms with van der Waals surface area (Å²) in [7, 11) is 1.68. The molecular formula is C19H16O. The summed E-state index contributed by atoms with van der Waals surface area (Å²) >= 11 is 0. The molecule has 0 saturated heterocycles. The average molecular weight is 260 g/mol. The Labute approximate surface area is 119 Å². The lowest BCUT2D eigenvalue weighted by Gasteiger charge is -2.02. The van der Waals surface area contributed by atoms with Gasteiger partial charge in [0.05, 0.1) is 7.11 Å². The van der Waals surface area contributed by atoms with E-state index in [0.717, 1.165) is 5.75 Å². The smallest absolute Gasteiger partial charge is 0.118 e. The van der Waals surface area contributed by atoms with Gasteiger partial charge in [0.25, 0.3) is 0 Å². The van der Waals surface area contributed by atoms with Gasteiger partial charge in [0.1, 0.15) is 5.75 Å². The van der Waals surface area contributed by atoms with Gasteiger partial charge in [-0.25, -0.2) is 0 Å². The number of fused-ring (bicyclic) bond motifs is 1. The second-order valence-electron chi connectivity index (χ2n) is 4.67. The van der Waals surface area contributed by atoms with Crippen LogP contribution < -0.4 is 4.74 Å². The highest BCUT2D eigenvalue weighted by Crippen LogP contribution is 2.21. The van der Waals surface area contributed by atoms with E-state index in [4.69, 9.17) is 4.74 Å². The van der Waals surface area contributed by atoms with Crippen molar-refractivity contribution in [1.82, 2.24) is 0 Å². The van der Waals surface area contributed by atoms with Crippen molar-refractivity contribution >= 4 is 22.9 Å². The maximum Gasteiger partial charge on any atom is 0.118 e. The van der Waals surface area contributed by atoms with E-state index in [1.165, 1.54) is 21.9 Å². The van der Waals surface area contributed by atoms with Crippen molar-refractivity contribution in [2.45, 2.75) is 0 Å². The fourth-order valence-electron chi connectivity index (χ4n) is 2.30. The normalized spacial score (nSPS) is 11.1. The van der Waals surface area contributed by atoms with Crippen LogP contribution >= 0.6 is 0 Å². The van der Waals surface area contributed by atoms with E-state index in [2.05, 4.69) is 66.7 Å². The molecule has 0 atom stereocenters. The molecule has 20 heavy (non-hydrogen) atoms. The SMILES string of the molecule is COc1ccc(C=Cc2cccc3ccccc23)cc1. The minimum atomic E-state index is 0.882. The second kappa shape index (κ2) is 5.62. The third-order valence-corrected chi connectivity index (χ3v) is 3.39. The first-order chi connectivity index (χ1) is 9.86. The monoisotopic (exact) mass is 260 g/mol. The third kappa shape index (κ3) is 2.57. The van der Waals surface area contributed by atoms with E-state index < -0.39 is 0 Å². The van der Waals surface area contributed by atoms with Gasteiger partial charge in [0.2, 0.25) is 0 Å². The summed E-state index contributed by atoms with van der Waals surface area (Å²) in [6, 6.07) is 22.9. The Hall–Kier alpha value is -2.54. The van der Waals surface area contributed by atoms with Crippen LogP contribution in [0.15, 0.2) is 66.7 Å². The Kier molecular flexibility index (Phi) is 3.51. The lowest BCUT2D eigenvalue weighted by atomic mass is 10.0. The number of benzene rings is 3. The summed E-state index contributed by atoms with van der Waals surface area (Å²) in [5.41, 5.74) is 2.40. The molecule has 0 bridgehead atoms. The molecule has 0 heterocycles. The van der Waals surface area contributed by atoms with E-state index in [0.29, 0.717) is 0 Å². The van der Waals surface area contributed by atoms with E-state index in [1.54, 1.807) is 7.11 Å². The summed E-state index contributed by atoms with van der Waals surface area (Å²) < 4.78 is 5.17.